The highest BCUT2D eigenvalue weighted by Crippen LogP contribution is 2.64. The molecule has 0 aliphatic carbocycles. The van der Waals surface area contributed by atoms with Gasteiger partial charge in [-0.05, 0) is 79.4 Å². The van der Waals surface area contributed by atoms with E-state index in [9.17, 15) is 0 Å². The van der Waals surface area contributed by atoms with Crippen LogP contribution in [0.15, 0.2) is 133 Å². The first-order valence-corrected chi connectivity index (χ1v) is 25.9. The zero-order valence-electron chi connectivity index (χ0n) is 30.0. The highest BCUT2D eigenvalue weighted by molar-refractivity contribution is 6.93. The highest BCUT2D eigenvalue weighted by atomic mass is 28.5. The van der Waals surface area contributed by atoms with E-state index in [0.717, 1.165) is 22.3 Å². The quantitative estimate of drug-likeness (QED) is 0.144. The summed E-state index contributed by atoms with van der Waals surface area (Å²) in [5.41, 5.74) is 7.19. The zero-order valence-corrected chi connectivity index (χ0v) is 33.0. The van der Waals surface area contributed by atoms with Crippen LogP contribution in [0.3, 0.4) is 0 Å². The molecule has 0 bridgehead atoms. The molecule has 0 N–H and O–H groups in total. The predicted molar refractivity (Wildman–Crippen MR) is 206 cm³/mol. The van der Waals surface area contributed by atoms with Gasteiger partial charge in [0.15, 0.2) is 8.32 Å². The van der Waals surface area contributed by atoms with Gasteiger partial charge in [0.05, 0.1) is 8.07 Å². The summed E-state index contributed by atoms with van der Waals surface area (Å²) in [5.74, 6) is 0. The zero-order chi connectivity index (χ0) is 34.4. The highest BCUT2D eigenvalue weighted by Gasteiger charge is 2.76. The molecule has 0 radical (unpaired) electrons. The second-order valence-corrected chi connectivity index (χ2v) is 28.6. The van der Waals surface area contributed by atoms with E-state index < -0.39 is 36.4 Å². The van der Waals surface area contributed by atoms with Crippen LogP contribution in [0.2, 0.25) is 39.3 Å². The molecule has 0 aromatic heterocycles. The molecule has 3 nitrogen and oxygen atoms in total. The summed E-state index contributed by atoms with van der Waals surface area (Å²) < 4.78 is 24.2. The van der Waals surface area contributed by atoms with Gasteiger partial charge in [-0.1, -0.05) is 159 Å². The van der Waals surface area contributed by atoms with Crippen molar-refractivity contribution in [3.05, 3.63) is 178 Å². The van der Waals surface area contributed by atoms with E-state index in [1.54, 1.807) is 0 Å². The minimum Gasteiger partial charge on any atom is -0.416 e. The molecule has 5 aromatic rings. The number of aryl methyl sites for hydroxylation is 3. The normalized spacial score (nSPS) is 17.6. The van der Waals surface area contributed by atoms with Crippen LogP contribution in [-0.4, -0.2) is 25.2 Å². The first kappa shape index (κ1) is 34.5. The number of hydrogen-bond acceptors (Lipinski definition) is 3. The van der Waals surface area contributed by atoms with Crippen LogP contribution >= 0.6 is 0 Å². The van der Waals surface area contributed by atoms with Crippen molar-refractivity contribution in [2.75, 3.05) is 0 Å². The van der Waals surface area contributed by atoms with Crippen LogP contribution in [0.5, 0.6) is 0 Å². The Morgan fingerprint density at radius 3 is 1.10 bits per heavy atom. The molecule has 6 heteroatoms. The maximum absolute atomic E-state index is 8.26. The first-order chi connectivity index (χ1) is 22.7. The second kappa shape index (κ2) is 12.8. The largest absolute Gasteiger partial charge is 0.497 e. The summed E-state index contributed by atoms with van der Waals surface area (Å²) in [7, 11) is -8.21. The fraction of sp³-hybridized carbons (Fsp3) is 0.286. The molecule has 0 spiro atoms. The molecule has 48 heavy (non-hydrogen) atoms. The third kappa shape index (κ3) is 5.93. The van der Waals surface area contributed by atoms with Gasteiger partial charge in [-0.2, -0.15) is 0 Å². The predicted octanol–water partition coefficient (Wildman–Crippen LogP) is 10.8. The van der Waals surface area contributed by atoms with E-state index in [0.29, 0.717) is 0 Å². The SMILES string of the molecule is Cc1cc(C)c(C([Si](C)(C)C)[Si]2(O[Si](C)(C)C)OC(c3ccccc3)(c3ccccc3)C(c3ccccc3)(c3ccccc3)O2)c(C)c1. The standard InChI is InChI=1S/C42H50O3Si3/c1-32-30-33(2)39(34(3)31-32)40(46(4,5)6)48(45-47(7,8)9)43-41(35-22-14-10-15-23-35,36-24-16-11-17-25-36)42(44-48,37-26-18-12-19-27-37)38-28-20-13-21-29-38/h10-31,40H,1-9H3. The van der Waals surface area contributed by atoms with Crippen LogP contribution < -0.4 is 0 Å². The fourth-order valence-corrected chi connectivity index (χ4v) is 21.5. The first-order valence-electron chi connectivity index (χ1n) is 17.1. The van der Waals surface area contributed by atoms with Gasteiger partial charge in [0.2, 0.25) is 0 Å². The Hall–Kier alpha value is -3.37. The summed E-state index contributed by atoms with van der Waals surface area (Å²) in [6.45, 7) is 20.9. The van der Waals surface area contributed by atoms with Crippen molar-refractivity contribution in [1.29, 1.82) is 0 Å². The molecule has 1 heterocycles. The van der Waals surface area contributed by atoms with Gasteiger partial charge < -0.3 is 13.0 Å². The molecule has 248 valence electrons. The fourth-order valence-electron chi connectivity index (χ4n) is 8.10. The minimum absolute atomic E-state index is 0.0292. The molecule has 6 rings (SSSR count). The van der Waals surface area contributed by atoms with Gasteiger partial charge in [0.25, 0.3) is 0 Å². The molecule has 1 atom stereocenters. The van der Waals surface area contributed by atoms with Gasteiger partial charge >= 0.3 is 8.80 Å². The van der Waals surface area contributed by atoms with Crippen molar-refractivity contribution < 1.29 is 13.0 Å². The van der Waals surface area contributed by atoms with Crippen molar-refractivity contribution >= 4 is 25.2 Å². The lowest BCUT2D eigenvalue weighted by atomic mass is 9.66. The molecule has 1 unspecified atom stereocenters. The van der Waals surface area contributed by atoms with Gasteiger partial charge in [0.1, 0.15) is 11.2 Å². The van der Waals surface area contributed by atoms with Crippen LogP contribution in [0.25, 0.3) is 0 Å². The Kier molecular flexibility index (Phi) is 9.22. The van der Waals surface area contributed by atoms with Crippen molar-refractivity contribution in [3.8, 4) is 0 Å². The van der Waals surface area contributed by atoms with E-state index in [1.165, 1.54) is 22.3 Å². The summed E-state index contributed by atoms with van der Waals surface area (Å²) in [6.07, 6.45) is 0. The number of rotatable bonds is 9. The molecule has 0 saturated carbocycles. The lowest BCUT2D eigenvalue weighted by molar-refractivity contribution is 0.00370. The molecule has 0 amide bonds. The minimum atomic E-state index is -3.73. The lowest BCUT2D eigenvalue weighted by Crippen LogP contribution is -2.61. The Morgan fingerprint density at radius 2 is 0.833 bits per heavy atom. The smallest absolute Gasteiger partial charge is 0.416 e. The Balaban J connectivity index is 1.85. The number of benzene rings is 5. The van der Waals surface area contributed by atoms with Crippen molar-refractivity contribution in [3.63, 3.8) is 0 Å². The molecule has 1 aliphatic rings. The van der Waals surface area contributed by atoms with Crippen molar-refractivity contribution in [2.24, 2.45) is 0 Å². The van der Waals surface area contributed by atoms with E-state index in [1.807, 2.05) is 0 Å². The average Bonchev–Trinajstić information content (AvgIpc) is 3.35. The Labute approximate surface area is 291 Å². The molecule has 5 aromatic carbocycles. The maximum atomic E-state index is 8.26. The molecule has 1 saturated heterocycles. The Morgan fingerprint density at radius 1 is 0.521 bits per heavy atom. The third-order valence-electron chi connectivity index (χ3n) is 9.50. The average molecular weight is 687 g/mol. The number of hydrogen-bond donors (Lipinski definition) is 0. The van der Waals surface area contributed by atoms with Gasteiger partial charge in [-0.3, -0.25) is 0 Å². The topological polar surface area (TPSA) is 27.7 Å². The maximum Gasteiger partial charge on any atom is 0.497 e. The van der Waals surface area contributed by atoms with Crippen molar-refractivity contribution in [2.45, 2.75) is 76.4 Å². The van der Waals surface area contributed by atoms with E-state index in [2.05, 4.69) is 194 Å². The summed E-state index contributed by atoms with van der Waals surface area (Å²) in [5, 5.41) is -0.0292. The van der Waals surface area contributed by atoms with E-state index in [-0.39, 0.29) is 5.16 Å². The van der Waals surface area contributed by atoms with Crippen LogP contribution in [0, 0.1) is 20.8 Å². The molecular formula is C42H50O3Si3. The third-order valence-corrected chi connectivity index (χ3v) is 20.9. The van der Waals surface area contributed by atoms with Crippen molar-refractivity contribution in [1.82, 2.24) is 0 Å². The van der Waals surface area contributed by atoms with Gasteiger partial charge in [0, 0.05) is 5.16 Å². The Bertz CT molecular complexity index is 1650. The summed E-state index contributed by atoms with van der Waals surface area (Å²) in [6, 6.07) is 47.6. The van der Waals surface area contributed by atoms with Crippen LogP contribution in [-0.2, 0) is 24.2 Å². The molecule has 1 fully saturated rings. The summed E-state index contributed by atoms with van der Waals surface area (Å²) >= 11 is 0. The van der Waals surface area contributed by atoms with Crippen LogP contribution in [0.4, 0.5) is 0 Å². The van der Waals surface area contributed by atoms with Crippen LogP contribution in [0.1, 0.15) is 49.7 Å². The monoisotopic (exact) mass is 686 g/mol. The summed E-state index contributed by atoms with van der Waals surface area (Å²) in [4.78, 5) is 0. The second-order valence-electron chi connectivity index (χ2n) is 15.5. The van der Waals surface area contributed by atoms with E-state index >= 15 is 0 Å². The lowest BCUT2D eigenvalue weighted by Gasteiger charge is -2.45. The van der Waals surface area contributed by atoms with E-state index in [4.69, 9.17) is 13.0 Å². The molecular weight excluding hydrogens is 637 g/mol. The molecule has 1 aliphatic heterocycles. The van der Waals surface area contributed by atoms with Gasteiger partial charge in [-0.25, -0.2) is 0 Å². The van der Waals surface area contributed by atoms with Gasteiger partial charge in [-0.15, -0.1) is 0 Å².